The largest absolute Gasteiger partial charge is 0.380 e. The molecule has 1 fully saturated rings. The Balaban J connectivity index is 1.64. The minimum Gasteiger partial charge on any atom is -0.371 e. The van der Waals surface area contributed by atoms with E-state index in [1.165, 1.54) is 5.56 Å². The maximum absolute atomic E-state index is 13.7. The summed E-state index contributed by atoms with van der Waals surface area (Å²) in [7, 11) is -4.03. The molecule has 3 aliphatic carbocycles. The first-order valence-corrected chi connectivity index (χ1v) is 13.6. The number of carbonyl (C=O) groups excluding carboxylic acids is 1. The SMILES string of the molecule is CC(C)N(C(=O)C1=CC[C@@]2(C)[C@@H]3CCc4cc(OS(N)(=O)=O)ccc4[C@H]3CC[C@]12C)C(C)C. The molecular weight excluding hydrogens is 436 g/mol. The Morgan fingerprint density at radius 1 is 1.15 bits per heavy atom. The van der Waals surface area contributed by atoms with Crippen LogP contribution < -0.4 is 9.32 Å². The lowest BCUT2D eigenvalue weighted by molar-refractivity contribution is -0.133. The molecule has 0 bridgehead atoms. The van der Waals surface area contributed by atoms with Crippen molar-refractivity contribution in [2.24, 2.45) is 21.9 Å². The molecule has 1 aromatic rings. The zero-order chi connectivity index (χ0) is 24.3. The highest BCUT2D eigenvalue weighted by molar-refractivity contribution is 7.84. The van der Waals surface area contributed by atoms with Crippen LogP contribution in [0.25, 0.3) is 0 Å². The fraction of sp³-hybridized carbons (Fsp3) is 0.654. The van der Waals surface area contributed by atoms with E-state index in [9.17, 15) is 13.2 Å². The van der Waals surface area contributed by atoms with E-state index in [0.29, 0.717) is 11.8 Å². The van der Waals surface area contributed by atoms with Gasteiger partial charge in [0.25, 0.3) is 0 Å². The van der Waals surface area contributed by atoms with Crippen molar-refractivity contribution in [3.63, 3.8) is 0 Å². The minimum atomic E-state index is -4.03. The lowest BCUT2D eigenvalue weighted by Gasteiger charge is -2.57. The van der Waals surface area contributed by atoms with E-state index in [2.05, 4.69) is 47.6 Å². The highest BCUT2D eigenvalue weighted by Gasteiger charge is 2.60. The van der Waals surface area contributed by atoms with Gasteiger partial charge in [0.05, 0.1) is 0 Å². The minimum absolute atomic E-state index is 0.0218. The van der Waals surface area contributed by atoms with Crippen LogP contribution in [0.15, 0.2) is 29.8 Å². The number of hydrogen-bond acceptors (Lipinski definition) is 4. The van der Waals surface area contributed by atoms with E-state index < -0.39 is 10.3 Å². The zero-order valence-corrected chi connectivity index (χ0v) is 21.5. The lowest BCUT2D eigenvalue weighted by Crippen LogP contribution is -2.52. The van der Waals surface area contributed by atoms with Crippen LogP contribution in [0.3, 0.4) is 0 Å². The van der Waals surface area contributed by atoms with Gasteiger partial charge in [-0.25, -0.2) is 0 Å². The van der Waals surface area contributed by atoms with Gasteiger partial charge >= 0.3 is 10.3 Å². The van der Waals surface area contributed by atoms with Crippen molar-refractivity contribution in [3.8, 4) is 5.75 Å². The summed E-state index contributed by atoms with van der Waals surface area (Å²) in [5, 5.41) is 5.05. The van der Waals surface area contributed by atoms with Gasteiger partial charge in [-0.1, -0.05) is 26.0 Å². The maximum Gasteiger partial charge on any atom is 0.380 e. The van der Waals surface area contributed by atoms with Gasteiger partial charge in [-0.05, 0) is 100 Å². The molecule has 4 rings (SSSR count). The molecule has 4 atom stereocenters. The Labute approximate surface area is 198 Å². The molecule has 0 saturated heterocycles. The summed E-state index contributed by atoms with van der Waals surface area (Å²) in [5.74, 6) is 1.36. The summed E-state index contributed by atoms with van der Waals surface area (Å²) in [6, 6.07) is 5.90. The van der Waals surface area contributed by atoms with Crippen molar-refractivity contribution in [2.45, 2.75) is 91.6 Å². The number of benzene rings is 1. The highest BCUT2D eigenvalue weighted by Crippen LogP contribution is 2.68. The summed E-state index contributed by atoms with van der Waals surface area (Å²) < 4.78 is 27.6. The molecule has 0 heterocycles. The third-order valence-electron chi connectivity index (χ3n) is 8.87. The van der Waals surface area contributed by atoms with Crippen LogP contribution in [-0.2, 0) is 21.5 Å². The van der Waals surface area contributed by atoms with Crippen LogP contribution in [0, 0.1) is 16.7 Å². The van der Waals surface area contributed by atoms with E-state index in [0.717, 1.165) is 43.2 Å². The van der Waals surface area contributed by atoms with Gasteiger partial charge in [0.2, 0.25) is 5.91 Å². The van der Waals surface area contributed by atoms with E-state index in [1.807, 2.05) is 17.0 Å². The number of nitrogens with two attached hydrogens (primary N) is 1. The van der Waals surface area contributed by atoms with Gasteiger partial charge in [-0.2, -0.15) is 13.6 Å². The molecule has 7 heteroatoms. The number of nitrogens with zero attached hydrogens (tertiary/aromatic N) is 1. The van der Waals surface area contributed by atoms with Crippen LogP contribution in [0.1, 0.15) is 84.3 Å². The van der Waals surface area contributed by atoms with E-state index in [-0.39, 0.29) is 34.6 Å². The molecule has 0 radical (unpaired) electrons. The monoisotopic (exact) mass is 474 g/mol. The predicted molar refractivity (Wildman–Crippen MR) is 130 cm³/mol. The smallest absolute Gasteiger partial charge is 0.371 e. The van der Waals surface area contributed by atoms with Crippen molar-refractivity contribution in [1.29, 1.82) is 0 Å². The van der Waals surface area contributed by atoms with Crippen molar-refractivity contribution in [3.05, 3.63) is 41.0 Å². The summed E-state index contributed by atoms with van der Waals surface area (Å²) in [5.41, 5.74) is 3.34. The zero-order valence-electron chi connectivity index (χ0n) is 20.7. The Hall–Kier alpha value is -1.86. The number of allylic oxidation sites excluding steroid dienone is 1. The molecule has 6 nitrogen and oxygen atoms in total. The molecule has 0 spiro atoms. The third-order valence-corrected chi connectivity index (χ3v) is 9.30. The van der Waals surface area contributed by atoms with Crippen LogP contribution in [0.4, 0.5) is 0 Å². The second kappa shape index (κ2) is 8.12. The van der Waals surface area contributed by atoms with Gasteiger partial charge in [0.1, 0.15) is 5.75 Å². The quantitative estimate of drug-likeness (QED) is 0.670. The number of carbonyl (C=O) groups is 1. The molecule has 0 aromatic heterocycles. The Kier molecular flexibility index (Phi) is 5.97. The first kappa shape index (κ1) is 24.3. The first-order chi connectivity index (χ1) is 15.3. The van der Waals surface area contributed by atoms with Crippen molar-refractivity contribution < 1.29 is 17.4 Å². The van der Waals surface area contributed by atoms with Gasteiger partial charge in [-0.15, -0.1) is 0 Å². The molecule has 0 aliphatic heterocycles. The van der Waals surface area contributed by atoms with Crippen molar-refractivity contribution in [2.75, 3.05) is 0 Å². The topological polar surface area (TPSA) is 89.7 Å². The number of aryl methyl sites for hydroxylation is 1. The van der Waals surface area contributed by atoms with Gasteiger partial charge in [0, 0.05) is 23.1 Å². The summed E-state index contributed by atoms with van der Waals surface area (Å²) in [6.45, 7) is 13.1. The molecular formula is C26H38N2O4S. The first-order valence-electron chi connectivity index (χ1n) is 12.2. The Morgan fingerprint density at radius 2 is 1.82 bits per heavy atom. The molecule has 33 heavy (non-hydrogen) atoms. The second-order valence-corrected chi connectivity index (χ2v) is 12.4. The summed E-state index contributed by atoms with van der Waals surface area (Å²) >= 11 is 0. The molecule has 182 valence electrons. The standard InChI is InChI=1S/C26H38N2O4S/c1-16(2)28(17(3)4)24(29)23-12-14-25(5)22-10-7-18-15-19(32-33(27,30)31)8-9-20(18)21(22)11-13-26(23,25)6/h8-9,12,15-17,21-22H,7,10-11,13-14H2,1-6H3,(H2,27,30,31)/t21-,22-,25+,26-/m1/s1. The fourth-order valence-corrected chi connectivity index (χ4v) is 7.59. The average Bonchev–Trinajstić information content (AvgIpc) is 2.97. The maximum atomic E-state index is 13.7. The van der Waals surface area contributed by atoms with Gasteiger partial charge in [0.15, 0.2) is 0 Å². The molecule has 2 N–H and O–H groups in total. The normalized spacial score (nSPS) is 31.0. The van der Waals surface area contributed by atoms with E-state index in [1.54, 1.807) is 6.07 Å². The molecule has 1 amide bonds. The fourth-order valence-electron chi connectivity index (χ4n) is 7.22. The molecule has 3 aliphatic rings. The molecule has 0 unspecified atom stereocenters. The van der Waals surface area contributed by atoms with Crippen LogP contribution in [-0.4, -0.2) is 31.3 Å². The van der Waals surface area contributed by atoms with Crippen molar-refractivity contribution >= 4 is 16.2 Å². The van der Waals surface area contributed by atoms with Gasteiger partial charge in [-0.3, -0.25) is 4.79 Å². The predicted octanol–water partition coefficient (Wildman–Crippen LogP) is 4.70. The number of rotatable bonds is 5. The van der Waals surface area contributed by atoms with Crippen LogP contribution >= 0.6 is 0 Å². The van der Waals surface area contributed by atoms with Crippen LogP contribution in [0.2, 0.25) is 0 Å². The van der Waals surface area contributed by atoms with Crippen LogP contribution in [0.5, 0.6) is 5.75 Å². The highest BCUT2D eigenvalue weighted by atomic mass is 32.2. The number of amides is 1. The third kappa shape index (κ3) is 3.91. The Morgan fingerprint density at radius 3 is 2.42 bits per heavy atom. The summed E-state index contributed by atoms with van der Waals surface area (Å²) in [6.07, 6.45) is 7.06. The van der Waals surface area contributed by atoms with E-state index >= 15 is 0 Å². The lowest BCUT2D eigenvalue weighted by atomic mass is 9.47. The molecule has 1 aromatic carbocycles. The number of fused-ring (bicyclic) bond motifs is 5. The van der Waals surface area contributed by atoms with Gasteiger partial charge < -0.3 is 9.08 Å². The second-order valence-electron chi connectivity index (χ2n) is 11.2. The van der Waals surface area contributed by atoms with Crippen molar-refractivity contribution in [1.82, 2.24) is 4.90 Å². The number of hydrogen-bond donors (Lipinski definition) is 1. The summed E-state index contributed by atoms with van der Waals surface area (Å²) in [4.78, 5) is 15.8. The Bertz CT molecular complexity index is 1090. The average molecular weight is 475 g/mol. The van der Waals surface area contributed by atoms with E-state index in [4.69, 9.17) is 9.32 Å². The molecule has 1 saturated carbocycles.